The number of nitrogens with zero attached hydrogens (tertiary/aromatic N) is 1. The summed E-state index contributed by atoms with van der Waals surface area (Å²) in [5.41, 5.74) is 0.470. The summed E-state index contributed by atoms with van der Waals surface area (Å²) in [6, 6.07) is 4.80. The fourth-order valence-electron chi connectivity index (χ4n) is 3.55. The zero-order valence-electron chi connectivity index (χ0n) is 17.5. The van der Waals surface area contributed by atoms with Gasteiger partial charge in [-0.1, -0.05) is 17.7 Å². The van der Waals surface area contributed by atoms with Crippen molar-refractivity contribution in [1.82, 2.24) is 9.62 Å². The van der Waals surface area contributed by atoms with Crippen LogP contribution in [-0.4, -0.2) is 45.4 Å². The molecule has 1 aliphatic heterocycles. The molecule has 1 saturated heterocycles. The summed E-state index contributed by atoms with van der Waals surface area (Å²) in [6.45, 7) is 0.133. The fraction of sp³-hybridized carbons (Fsp3) is 0.381. The van der Waals surface area contributed by atoms with Crippen LogP contribution in [0.2, 0.25) is 5.02 Å². The van der Waals surface area contributed by atoms with Gasteiger partial charge in [0.25, 0.3) is 0 Å². The minimum Gasteiger partial charge on any atom is -0.493 e. The Balaban J connectivity index is 2.10. The molecule has 0 aliphatic carbocycles. The second kappa shape index (κ2) is 10.0. The summed E-state index contributed by atoms with van der Waals surface area (Å²) in [7, 11) is -1.73. The van der Waals surface area contributed by atoms with Crippen molar-refractivity contribution in [2.75, 3.05) is 20.8 Å². The lowest BCUT2D eigenvalue weighted by atomic mass is 10.1. The Kier molecular flexibility index (Phi) is 7.58. The van der Waals surface area contributed by atoms with Crippen LogP contribution in [0.25, 0.3) is 0 Å². The highest BCUT2D eigenvalue weighted by atomic mass is 35.5. The predicted octanol–water partition coefficient (Wildman–Crippen LogP) is 3.50. The number of hydrogen-bond donors (Lipinski definition) is 1. The first-order chi connectivity index (χ1) is 15.2. The van der Waals surface area contributed by atoms with Crippen molar-refractivity contribution in [3.8, 4) is 11.5 Å². The van der Waals surface area contributed by atoms with Crippen molar-refractivity contribution in [2.45, 2.75) is 36.7 Å². The first-order valence-electron chi connectivity index (χ1n) is 9.84. The molecule has 3 rings (SSSR count). The molecule has 1 unspecified atom stereocenters. The molecule has 11 heteroatoms. The van der Waals surface area contributed by atoms with Crippen LogP contribution in [0.3, 0.4) is 0 Å². The molecule has 1 atom stereocenters. The molecule has 32 heavy (non-hydrogen) atoms. The van der Waals surface area contributed by atoms with Crippen molar-refractivity contribution in [1.29, 1.82) is 0 Å². The molecule has 0 spiro atoms. The zero-order valence-corrected chi connectivity index (χ0v) is 19.1. The third-order valence-electron chi connectivity index (χ3n) is 5.20. The van der Waals surface area contributed by atoms with E-state index in [0.717, 1.165) is 4.31 Å². The standard InChI is InChI=1S/C21H23ClF2N2O5S/c1-30-18-7-6-13(9-19(18)31-2)12-26(17-5-3-4-8-25-21(17)27)32(28,29)20-11-15(23)14(22)10-16(20)24/h6-7,9-11,17H,3-5,8,12H2,1-2H3,(H,25,27). The van der Waals surface area contributed by atoms with Gasteiger partial charge in [0.1, 0.15) is 22.6 Å². The van der Waals surface area contributed by atoms with Gasteiger partial charge in [-0.3, -0.25) is 4.79 Å². The van der Waals surface area contributed by atoms with Crippen LogP contribution in [0, 0.1) is 11.6 Å². The number of hydrogen-bond acceptors (Lipinski definition) is 5. The highest BCUT2D eigenvalue weighted by molar-refractivity contribution is 7.89. The van der Waals surface area contributed by atoms with Crippen LogP contribution in [0.4, 0.5) is 8.78 Å². The van der Waals surface area contributed by atoms with Gasteiger partial charge in [-0.2, -0.15) is 4.31 Å². The molecule has 1 N–H and O–H groups in total. The number of sulfonamides is 1. The maximum atomic E-state index is 14.6. The number of halogens is 3. The third kappa shape index (κ3) is 4.97. The van der Waals surface area contributed by atoms with Gasteiger partial charge >= 0.3 is 0 Å². The van der Waals surface area contributed by atoms with E-state index in [4.69, 9.17) is 21.1 Å². The van der Waals surface area contributed by atoms with Gasteiger partial charge in [0.2, 0.25) is 15.9 Å². The summed E-state index contributed by atoms with van der Waals surface area (Å²) in [4.78, 5) is 11.8. The van der Waals surface area contributed by atoms with E-state index < -0.39 is 43.5 Å². The second-order valence-corrected chi connectivity index (χ2v) is 9.51. The molecular formula is C21H23ClF2N2O5S. The van der Waals surface area contributed by atoms with E-state index in [0.29, 0.717) is 48.6 Å². The van der Waals surface area contributed by atoms with E-state index in [1.807, 2.05) is 0 Å². The van der Waals surface area contributed by atoms with E-state index in [-0.39, 0.29) is 13.0 Å². The highest BCUT2D eigenvalue weighted by Gasteiger charge is 2.38. The highest BCUT2D eigenvalue weighted by Crippen LogP contribution is 2.32. The summed E-state index contributed by atoms with van der Waals surface area (Å²) in [5, 5.41) is 2.14. The Morgan fingerprint density at radius 1 is 1.09 bits per heavy atom. The SMILES string of the molecule is COc1ccc(CN(C2CCCCNC2=O)S(=O)(=O)c2cc(F)c(Cl)cc2F)cc1OC. The van der Waals surface area contributed by atoms with Crippen LogP contribution >= 0.6 is 11.6 Å². The van der Waals surface area contributed by atoms with E-state index in [1.54, 1.807) is 18.2 Å². The molecule has 0 bridgehead atoms. The quantitative estimate of drug-likeness (QED) is 0.603. The Morgan fingerprint density at radius 3 is 2.50 bits per heavy atom. The van der Waals surface area contributed by atoms with Gasteiger partial charge < -0.3 is 14.8 Å². The van der Waals surface area contributed by atoms with Crippen molar-refractivity contribution < 1.29 is 31.5 Å². The molecule has 1 fully saturated rings. The number of methoxy groups -OCH3 is 2. The Bertz CT molecular complexity index is 1110. The Morgan fingerprint density at radius 2 is 1.81 bits per heavy atom. The Hall–Kier alpha value is -2.43. The average Bonchev–Trinajstić information content (AvgIpc) is 2.98. The van der Waals surface area contributed by atoms with Crippen LogP contribution in [0.5, 0.6) is 11.5 Å². The number of rotatable bonds is 7. The van der Waals surface area contributed by atoms with Gasteiger partial charge in [-0.05, 0) is 49.1 Å². The molecule has 2 aromatic carbocycles. The second-order valence-electron chi connectivity index (χ2n) is 7.24. The number of carbonyl (C=O) groups is 1. The molecule has 0 aromatic heterocycles. The maximum absolute atomic E-state index is 14.6. The fourth-order valence-corrected chi connectivity index (χ4v) is 5.36. The lowest BCUT2D eigenvalue weighted by molar-refractivity contribution is -0.124. The normalized spacial score (nSPS) is 17.1. The largest absolute Gasteiger partial charge is 0.493 e. The van der Waals surface area contributed by atoms with Gasteiger partial charge in [-0.15, -0.1) is 0 Å². The van der Waals surface area contributed by atoms with Crippen molar-refractivity contribution >= 4 is 27.5 Å². The molecule has 174 valence electrons. The van der Waals surface area contributed by atoms with Crippen LogP contribution in [0.15, 0.2) is 35.2 Å². The number of nitrogens with one attached hydrogen (secondary N) is 1. The van der Waals surface area contributed by atoms with Gasteiger partial charge in [0.05, 0.1) is 19.2 Å². The third-order valence-corrected chi connectivity index (χ3v) is 7.36. The lowest BCUT2D eigenvalue weighted by Gasteiger charge is -2.29. The summed E-state index contributed by atoms with van der Waals surface area (Å²) >= 11 is 5.59. The van der Waals surface area contributed by atoms with Crippen molar-refractivity contribution in [2.24, 2.45) is 0 Å². The number of benzene rings is 2. The summed E-state index contributed by atoms with van der Waals surface area (Å²) in [5.74, 6) is -1.99. The van der Waals surface area contributed by atoms with E-state index in [2.05, 4.69) is 5.32 Å². The zero-order chi connectivity index (χ0) is 23.5. The van der Waals surface area contributed by atoms with Crippen LogP contribution < -0.4 is 14.8 Å². The van der Waals surface area contributed by atoms with E-state index >= 15 is 0 Å². The molecule has 0 saturated carbocycles. The minimum absolute atomic E-state index is 0.232. The lowest BCUT2D eigenvalue weighted by Crippen LogP contribution is -2.48. The van der Waals surface area contributed by atoms with Gasteiger partial charge in [0.15, 0.2) is 11.5 Å². The molecule has 0 radical (unpaired) electrons. The predicted molar refractivity (Wildman–Crippen MR) is 114 cm³/mol. The molecule has 1 amide bonds. The topological polar surface area (TPSA) is 84.9 Å². The van der Waals surface area contributed by atoms with Crippen LogP contribution in [-0.2, 0) is 21.4 Å². The monoisotopic (exact) mass is 488 g/mol. The molecular weight excluding hydrogens is 466 g/mol. The number of carbonyl (C=O) groups excluding carboxylic acids is 1. The van der Waals surface area contributed by atoms with Crippen molar-refractivity contribution in [3.63, 3.8) is 0 Å². The first-order valence-corrected chi connectivity index (χ1v) is 11.7. The van der Waals surface area contributed by atoms with E-state index in [1.165, 1.54) is 14.2 Å². The van der Waals surface area contributed by atoms with Gasteiger partial charge in [0, 0.05) is 13.1 Å². The van der Waals surface area contributed by atoms with Crippen LogP contribution in [0.1, 0.15) is 24.8 Å². The van der Waals surface area contributed by atoms with Crippen molar-refractivity contribution in [3.05, 3.63) is 52.6 Å². The number of amides is 1. The molecule has 1 heterocycles. The van der Waals surface area contributed by atoms with E-state index in [9.17, 15) is 22.0 Å². The maximum Gasteiger partial charge on any atom is 0.247 e. The molecule has 7 nitrogen and oxygen atoms in total. The summed E-state index contributed by atoms with van der Waals surface area (Å²) < 4.78 is 67.0. The Labute approximate surface area is 190 Å². The molecule has 1 aliphatic rings. The summed E-state index contributed by atoms with van der Waals surface area (Å²) in [6.07, 6.45) is 1.49. The smallest absolute Gasteiger partial charge is 0.247 e. The minimum atomic E-state index is -4.63. The number of ether oxygens (including phenoxy) is 2. The first kappa shape index (κ1) is 24.2. The average molecular weight is 489 g/mol. The molecule has 2 aromatic rings. The van der Waals surface area contributed by atoms with Gasteiger partial charge in [-0.25, -0.2) is 17.2 Å².